The molecule has 132 valence electrons. The summed E-state index contributed by atoms with van der Waals surface area (Å²) in [5.74, 6) is -0.610. The molecule has 0 bridgehead atoms. The van der Waals surface area contributed by atoms with E-state index in [1.54, 1.807) is 17.0 Å². The van der Waals surface area contributed by atoms with Crippen LogP contribution in [-0.4, -0.2) is 27.3 Å². The Morgan fingerprint density at radius 3 is 2.77 bits per heavy atom. The minimum Gasteiger partial charge on any atom is -0.340 e. The zero-order valence-corrected chi connectivity index (χ0v) is 14.4. The van der Waals surface area contributed by atoms with Crippen molar-refractivity contribution in [3.8, 4) is 11.4 Å². The quantitative estimate of drug-likeness (QED) is 0.731. The third-order valence-corrected chi connectivity index (χ3v) is 4.54. The molecule has 0 spiro atoms. The average molecular weight is 374 g/mol. The van der Waals surface area contributed by atoms with Gasteiger partial charge in [0.25, 0.3) is 5.91 Å². The predicted molar refractivity (Wildman–Crippen MR) is 93.8 cm³/mol. The van der Waals surface area contributed by atoms with E-state index in [0.29, 0.717) is 30.9 Å². The lowest BCUT2D eigenvalue weighted by Crippen LogP contribution is -2.36. The summed E-state index contributed by atoms with van der Waals surface area (Å²) in [4.78, 5) is 21.9. The van der Waals surface area contributed by atoms with Gasteiger partial charge in [0.2, 0.25) is 0 Å². The van der Waals surface area contributed by atoms with Gasteiger partial charge in [0.1, 0.15) is 17.5 Å². The fraction of sp³-hybridized carbons (Fsp3) is 0.158. The molecule has 7 heteroatoms. The molecule has 1 amide bonds. The van der Waals surface area contributed by atoms with Gasteiger partial charge in [-0.25, -0.2) is 13.8 Å². The number of rotatable bonds is 2. The van der Waals surface area contributed by atoms with E-state index < -0.39 is 5.82 Å². The van der Waals surface area contributed by atoms with Gasteiger partial charge < -0.3 is 9.88 Å². The highest BCUT2D eigenvalue weighted by atomic mass is 35.5. The summed E-state index contributed by atoms with van der Waals surface area (Å²) in [7, 11) is 0. The maximum Gasteiger partial charge on any atom is 0.254 e. The number of hydrogen-bond acceptors (Lipinski definition) is 2. The lowest BCUT2D eigenvalue weighted by molar-refractivity contribution is 0.0731. The number of carbonyl (C=O) groups is 1. The maximum atomic E-state index is 13.5. The van der Waals surface area contributed by atoms with Crippen LogP contribution in [0.25, 0.3) is 11.4 Å². The van der Waals surface area contributed by atoms with Gasteiger partial charge in [-0.05, 0) is 30.3 Å². The van der Waals surface area contributed by atoms with Crippen LogP contribution in [-0.2, 0) is 13.0 Å². The Bertz CT molecular complexity index is 982. The first-order valence-corrected chi connectivity index (χ1v) is 8.46. The first-order valence-electron chi connectivity index (χ1n) is 8.08. The highest BCUT2D eigenvalue weighted by Gasteiger charge is 2.25. The van der Waals surface area contributed by atoms with Crippen LogP contribution >= 0.6 is 11.6 Å². The van der Waals surface area contributed by atoms with E-state index in [2.05, 4.69) is 9.97 Å². The molecule has 0 saturated heterocycles. The molecule has 1 aliphatic heterocycles. The van der Waals surface area contributed by atoms with Crippen molar-refractivity contribution in [1.82, 2.24) is 14.9 Å². The van der Waals surface area contributed by atoms with Crippen LogP contribution in [0, 0.1) is 11.6 Å². The van der Waals surface area contributed by atoms with Gasteiger partial charge in [0, 0.05) is 29.1 Å². The molecular weight excluding hydrogens is 360 g/mol. The summed E-state index contributed by atoms with van der Waals surface area (Å²) < 4.78 is 26.9. The largest absolute Gasteiger partial charge is 0.340 e. The van der Waals surface area contributed by atoms with Crippen LogP contribution in [0.5, 0.6) is 0 Å². The number of aromatic nitrogens is 2. The monoisotopic (exact) mass is 373 g/mol. The number of carbonyl (C=O) groups excluding carboxylic acids is 1. The second-order valence-corrected chi connectivity index (χ2v) is 6.59. The molecule has 3 aromatic rings. The van der Waals surface area contributed by atoms with Crippen LogP contribution in [0.1, 0.15) is 21.7 Å². The van der Waals surface area contributed by atoms with Gasteiger partial charge in [-0.15, -0.1) is 0 Å². The molecule has 1 aromatic heterocycles. The van der Waals surface area contributed by atoms with Crippen LogP contribution in [0.4, 0.5) is 8.78 Å². The van der Waals surface area contributed by atoms with Crippen LogP contribution in [0.15, 0.2) is 42.5 Å². The van der Waals surface area contributed by atoms with E-state index in [0.717, 1.165) is 17.5 Å². The van der Waals surface area contributed by atoms with Gasteiger partial charge in [0.05, 0.1) is 17.9 Å². The number of H-pyrrole nitrogens is 1. The van der Waals surface area contributed by atoms with E-state index >= 15 is 0 Å². The number of amides is 1. The van der Waals surface area contributed by atoms with Crippen molar-refractivity contribution in [3.05, 3.63) is 76.1 Å². The summed E-state index contributed by atoms with van der Waals surface area (Å²) in [5.41, 5.74) is 2.51. The Kier molecular flexibility index (Phi) is 4.20. The maximum absolute atomic E-state index is 13.5. The molecule has 0 fully saturated rings. The third kappa shape index (κ3) is 3.20. The topological polar surface area (TPSA) is 49.0 Å². The summed E-state index contributed by atoms with van der Waals surface area (Å²) in [6.45, 7) is 0.790. The van der Waals surface area contributed by atoms with E-state index in [-0.39, 0.29) is 22.3 Å². The van der Waals surface area contributed by atoms with Gasteiger partial charge >= 0.3 is 0 Å². The normalized spacial score (nSPS) is 13.6. The lowest BCUT2D eigenvalue weighted by Gasteiger charge is -2.26. The summed E-state index contributed by atoms with van der Waals surface area (Å²) in [6.07, 6.45) is 0.565. The fourth-order valence-corrected chi connectivity index (χ4v) is 3.32. The smallest absolute Gasteiger partial charge is 0.254 e. The Balaban J connectivity index is 1.59. The number of benzene rings is 2. The van der Waals surface area contributed by atoms with Gasteiger partial charge in [0.15, 0.2) is 0 Å². The zero-order chi connectivity index (χ0) is 18.3. The molecule has 0 unspecified atom stereocenters. The summed E-state index contributed by atoms with van der Waals surface area (Å²) in [6, 6.07) is 9.95. The SMILES string of the molecule is O=C(c1cc(F)cc(Cl)c1)N1CCc2nc(-c3cccc(F)c3)[nH]c2C1. The summed E-state index contributed by atoms with van der Waals surface area (Å²) in [5, 5.41) is 0.181. The zero-order valence-electron chi connectivity index (χ0n) is 13.6. The Morgan fingerprint density at radius 1 is 1.15 bits per heavy atom. The number of nitrogens with one attached hydrogen (secondary N) is 1. The van der Waals surface area contributed by atoms with Crippen molar-refractivity contribution >= 4 is 17.5 Å². The van der Waals surface area contributed by atoms with E-state index in [4.69, 9.17) is 11.6 Å². The van der Waals surface area contributed by atoms with Crippen molar-refractivity contribution < 1.29 is 13.6 Å². The van der Waals surface area contributed by atoms with Crippen molar-refractivity contribution in [2.75, 3.05) is 6.54 Å². The molecule has 4 nitrogen and oxygen atoms in total. The number of aromatic amines is 1. The Hall–Kier alpha value is -2.73. The Labute approximate surface area is 153 Å². The van der Waals surface area contributed by atoms with E-state index in [9.17, 15) is 13.6 Å². The fourth-order valence-electron chi connectivity index (χ4n) is 3.10. The number of hydrogen-bond donors (Lipinski definition) is 1. The molecular formula is C19H14ClF2N3O. The highest BCUT2D eigenvalue weighted by Crippen LogP contribution is 2.25. The minimum atomic E-state index is -0.548. The number of nitrogens with zero attached hydrogens (tertiary/aromatic N) is 2. The molecule has 1 N–H and O–H groups in total. The lowest BCUT2D eigenvalue weighted by atomic mass is 10.1. The first kappa shape index (κ1) is 16.7. The molecule has 2 heterocycles. The van der Waals surface area contributed by atoms with Crippen molar-refractivity contribution in [2.45, 2.75) is 13.0 Å². The molecule has 0 atom stereocenters. The van der Waals surface area contributed by atoms with Gasteiger partial charge in [-0.3, -0.25) is 4.79 Å². The van der Waals surface area contributed by atoms with Crippen LogP contribution in [0.3, 0.4) is 0 Å². The third-order valence-electron chi connectivity index (χ3n) is 4.33. The summed E-state index contributed by atoms with van der Waals surface area (Å²) >= 11 is 5.84. The number of halogens is 3. The van der Waals surface area contributed by atoms with Crippen molar-refractivity contribution in [3.63, 3.8) is 0 Å². The Morgan fingerprint density at radius 2 is 2.00 bits per heavy atom. The molecule has 0 saturated carbocycles. The predicted octanol–water partition coefficient (Wildman–Crippen LogP) is 4.21. The molecule has 0 aliphatic carbocycles. The standard InChI is InChI=1S/C19H14ClF2N3O/c20-13-6-12(8-15(22)9-13)19(26)25-5-4-16-17(10-25)24-18(23-16)11-2-1-3-14(21)7-11/h1-3,6-9H,4-5,10H2,(H,23,24). The molecule has 26 heavy (non-hydrogen) atoms. The van der Waals surface area contributed by atoms with Crippen LogP contribution < -0.4 is 0 Å². The molecule has 4 rings (SSSR count). The number of imidazole rings is 1. The highest BCUT2D eigenvalue weighted by molar-refractivity contribution is 6.31. The van der Waals surface area contributed by atoms with Crippen molar-refractivity contribution in [2.24, 2.45) is 0 Å². The average Bonchev–Trinajstić information content (AvgIpc) is 3.03. The van der Waals surface area contributed by atoms with E-state index in [1.807, 2.05) is 0 Å². The first-order chi connectivity index (χ1) is 12.5. The van der Waals surface area contributed by atoms with Crippen LogP contribution in [0.2, 0.25) is 5.02 Å². The van der Waals surface area contributed by atoms with E-state index in [1.165, 1.54) is 24.3 Å². The second-order valence-electron chi connectivity index (χ2n) is 6.16. The molecule has 2 aromatic carbocycles. The molecule has 0 radical (unpaired) electrons. The van der Waals surface area contributed by atoms with Gasteiger partial charge in [-0.2, -0.15) is 0 Å². The van der Waals surface area contributed by atoms with Gasteiger partial charge in [-0.1, -0.05) is 23.7 Å². The second kappa shape index (κ2) is 6.53. The molecule has 1 aliphatic rings. The minimum absolute atomic E-state index is 0.181. The van der Waals surface area contributed by atoms with Crippen molar-refractivity contribution in [1.29, 1.82) is 0 Å². The number of fused-ring (bicyclic) bond motifs is 1.